The van der Waals surface area contributed by atoms with Crippen molar-refractivity contribution in [1.29, 1.82) is 0 Å². The molecule has 2 aliphatic rings. The van der Waals surface area contributed by atoms with E-state index in [0.29, 0.717) is 17.8 Å². The van der Waals surface area contributed by atoms with Crippen molar-refractivity contribution in [3.63, 3.8) is 0 Å². The van der Waals surface area contributed by atoms with Crippen LogP contribution in [0.4, 0.5) is 4.39 Å². The summed E-state index contributed by atoms with van der Waals surface area (Å²) in [4.78, 5) is 16.9. The summed E-state index contributed by atoms with van der Waals surface area (Å²) in [6, 6.07) is 6.90. The van der Waals surface area contributed by atoms with E-state index in [-0.39, 0.29) is 23.2 Å². The minimum absolute atomic E-state index is 0.150. The molecule has 138 valence electrons. The van der Waals surface area contributed by atoms with Gasteiger partial charge >= 0.3 is 0 Å². The highest BCUT2D eigenvalue weighted by atomic mass is 19.1. The fourth-order valence-electron chi connectivity index (χ4n) is 5.05. The third-order valence-corrected chi connectivity index (χ3v) is 6.06. The first kappa shape index (κ1) is 17.4. The molecule has 3 nitrogen and oxygen atoms in total. The largest absolute Gasteiger partial charge is 0.351 e. The number of pyridine rings is 1. The molecule has 2 saturated carbocycles. The van der Waals surface area contributed by atoms with Gasteiger partial charge in [0, 0.05) is 23.0 Å². The summed E-state index contributed by atoms with van der Waals surface area (Å²) in [6.45, 7) is 6.10. The van der Waals surface area contributed by atoms with Crippen LogP contribution in [0.25, 0.3) is 10.9 Å². The van der Waals surface area contributed by atoms with Crippen LogP contribution >= 0.6 is 0 Å². The second-order valence-electron chi connectivity index (χ2n) is 9.16. The van der Waals surface area contributed by atoms with Crippen molar-refractivity contribution in [1.82, 2.24) is 10.3 Å². The maximum Gasteiger partial charge on any atom is 0.223 e. The lowest BCUT2D eigenvalue weighted by Crippen LogP contribution is -2.43. The molecule has 2 fully saturated rings. The Bertz CT molecular complexity index is 828. The van der Waals surface area contributed by atoms with Gasteiger partial charge in [-0.2, -0.15) is 0 Å². The van der Waals surface area contributed by atoms with Crippen LogP contribution < -0.4 is 5.32 Å². The molecular weight excluding hydrogens is 327 g/mol. The van der Waals surface area contributed by atoms with Crippen molar-refractivity contribution < 1.29 is 9.18 Å². The third kappa shape index (κ3) is 3.34. The number of carbonyl (C=O) groups excluding carboxylic acids is 1. The zero-order valence-corrected chi connectivity index (χ0v) is 15.8. The number of rotatable bonds is 2. The van der Waals surface area contributed by atoms with E-state index in [1.54, 1.807) is 12.1 Å². The summed E-state index contributed by atoms with van der Waals surface area (Å²) in [5.74, 6) is 1.81. The Hall–Kier alpha value is -1.97. The van der Waals surface area contributed by atoms with E-state index in [9.17, 15) is 9.18 Å². The van der Waals surface area contributed by atoms with E-state index in [0.717, 1.165) is 36.6 Å². The molecule has 0 saturated heterocycles. The first-order valence-electron chi connectivity index (χ1n) is 9.66. The number of halogens is 1. The zero-order chi connectivity index (χ0) is 18.5. The number of nitrogens with zero attached hydrogens (tertiary/aromatic N) is 1. The van der Waals surface area contributed by atoms with Gasteiger partial charge in [-0.3, -0.25) is 9.78 Å². The quantitative estimate of drug-likeness (QED) is 0.841. The van der Waals surface area contributed by atoms with Crippen molar-refractivity contribution in [3.8, 4) is 0 Å². The van der Waals surface area contributed by atoms with Gasteiger partial charge in [-0.25, -0.2) is 4.39 Å². The average Bonchev–Trinajstić information content (AvgIpc) is 3.11. The number of aromatic nitrogens is 1. The number of nitrogens with one attached hydrogen (secondary N) is 1. The van der Waals surface area contributed by atoms with E-state index >= 15 is 0 Å². The molecule has 26 heavy (non-hydrogen) atoms. The molecule has 0 bridgehead atoms. The molecule has 1 amide bonds. The Labute approximate surface area is 154 Å². The van der Waals surface area contributed by atoms with E-state index in [1.807, 2.05) is 27.0 Å². The Morgan fingerprint density at radius 2 is 1.81 bits per heavy atom. The van der Waals surface area contributed by atoms with Gasteiger partial charge in [0.15, 0.2) is 0 Å². The summed E-state index contributed by atoms with van der Waals surface area (Å²) in [5, 5.41) is 4.08. The maximum atomic E-state index is 13.7. The Balaban J connectivity index is 1.49. The molecule has 1 aromatic carbocycles. The third-order valence-electron chi connectivity index (χ3n) is 6.06. The standard InChI is InChI=1S/C22H27FN2O/c1-22(2,3)25-21(26)16-10-13-8-15(9-14(13)11-16)18-6-7-24-20-5-4-17(23)12-19(18)20/h4-7,12-16H,8-11H2,1-3H3,(H,25,26)/t13-,14+,15?,16?. The van der Waals surface area contributed by atoms with Crippen LogP contribution in [0, 0.1) is 23.6 Å². The summed E-state index contributed by atoms with van der Waals surface area (Å²) in [5.41, 5.74) is 1.92. The van der Waals surface area contributed by atoms with Crippen LogP contribution in [0.3, 0.4) is 0 Å². The number of hydrogen-bond donors (Lipinski definition) is 1. The van der Waals surface area contributed by atoms with Gasteiger partial charge in [-0.15, -0.1) is 0 Å². The molecule has 4 heteroatoms. The smallest absolute Gasteiger partial charge is 0.223 e. The van der Waals surface area contributed by atoms with Gasteiger partial charge in [0.2, 0.25) is 5.91 Å². The van der Waals surface area contributed by atoms with Crippen LogP contribution in [-0.2, 0) is 4.79 Å². The SMILES string of the molecule is CC(C)(C)NC(=O)C1C[C@@H]2CC(c3ccnc4ccc(F)cc34)C[C@@H]2C1. The highest BCUT2D eigenvalue weighted by Gasteiger charge is 2.44. The summed E-state index contributed by atoms with van der Waals surface area (Å²) >= 11 is 0. The highest BCUT2D eigenvalue weighted by Crippen LogP contribution is 2.53. The second kappa shape index (κ2) is 6.33. The number of benzene rings is 1. The highest BCUT2D eigenvalue weighted by molar-refractivity contribution is 5.83. The Morgan fingerprint density at radius 3 is 2.46 bits per heavy atom. The Kier molecular flexibility index (Phi) is 4.25. The van der Waals surface area contributed by atoms with Gasteiger partial charge in [-0.05, 0) is 94.0 Å². The minimum Gasteiger partial charge on any atom is -0.351 e. The molecule has 4 rings (SSSR count). The average molecular weight is 354 g/mol. The van der Waals surface area contributed by atoms with Gasteiger partial charge < -0.3 is 5.32 Å². The number of fused-ring (bicyclic) bond motifs is 2. The van der Waals surface area contributed by atoms with Crippen LogP contribution in [0.1, 0.15) is 57.9 Å². The predicted octanol–water partition coefficient (Wildman–Crippen LogP) is 4.81. The fraction of sp³-hybridized carbons (Fsp3) is 0.545. The number of carbonyl (C=O) groups is 1. The summed E-state index contributed by atoms with van der Waals surface area (Å²) in [7, 11) is 0. The molecule has 1 N–H and O–H groups in total. The van der Waals surface area contributed by atoms with Crippen molar-refractivity contribution in [2.75, 3.05) is 0 Å². The van der Waals surface area contributed by atoms with Crippen molar-refractivity contribution in [3.05, 3.63) is 41.8 Å². The first-order chi connectivity index (χ1) is 12.3. The maximum absolute atomic E-state index is 13.7. The molecule has 0 spiro atoms. The number of hydrogen-bond acceptors (Lipinski definition) is 2. The second-order valence-corrected chi connectivity index (χ2v) is 9.16. The fourth-order valence-corrected chi connectivity index (χ4v) is 5.05. The first-order valence-corrected chi connectivity index (χ1v) is 9.66. The molecule has 2 aliphatic carbocycles. The monoisotopic (exact) mass is 354 g/mol. The molecule has 2 aromatic rings. The van der Waals surface area contributed by atoms with Gasteiger partial charge in [0.25, 0.3) is 0 Å². The van der Waals surface area contributed by atoms with Crippen LogP contribution in [0.15, 0.2) is 30.5 Å². The lowest BCUT2D eigenvalue weighted by Gasteiger charge is -2.23. The van der Waals surface area contributed by atoms with Gasteiger partial charge in [0.1, 0.15) is 5.82 Å². The molecule has 1 aromatic heterocycles. The summed E-state index contributed by atoms with van der Waals surface area (Å²) in [6.07, 6.45) is 6.00. The molecule has 0 radical (unpaired) electrons. The minimum atomic E-state index is -0.205. The van der Waals surface area contributed by atoms with E-state index in [4.69, 9.17) is 0 Å². The Morgan fingerprint density at radius 1 is 1.12 bits per heavy atom. The topological polar surface area (TPSA) is 42.0 Å². The lowest BCUT2D eigenvalue weighted by molar-refractivity contribution is -0.126. The van der Waals surface area contributed by atoms with Crippen LogP contribution in [0.2, 0.25) is 0 Å². The van der Waals surface area contributed by atoms with E-state index in [1.165, 1.54) is 11.6 Å². The number of amides is 1. The molecule has 1 heterocycles. The van der Waals surface area contributed by atoms with Gasteiger partial charge in [-0.1, -0.05) is 0 Å². The summed E-state index contributed by atoms with van der Waals surface area (Å²) < 4.78 is 13.7. The van der Waals surface area contributed by atoms with Crippen LogP contribution in [0.5, 0.6) is 0 Å². The normalized spacial score (nSPS) is 28.3. The van der Waals surface area contributed by atoms with E-state index in [2.05, 4.69) is 16.4 Å². The van der Waals surface area contributed by atoms with Crippen molar-refractivity contribution >= 4 is 16.8 Å². The van der Waals surface area contributed by atoms with Crippen LogP contribution in [-0.4, -0.2) is 16.4 Å². The lowest BCUT2D eigenvalue weighted by atomic mass is 9.90. The molecule has 4 atom stereocenters. The zero-order valence-electron chi connectivity index (χ0n) is 15.8. The molecule has 2 unspecified atom stereocenters. The molecule has 0 aliphatic heterocycles. The van der Waals surface area contributed by atoms with E-state index < -0.39 is 0 Å². The van der Waals surface area contributed by atoms with Gasteiger partial charge in [0.05, 0.1) is 5.52 Å². The van der Waals surface area contributed by atoms with Crippen molar-refractivity contribution in [2.45, 2.75) is 57.9 Å². The molecular formula is C22H27FN2O. The van der Waals surface area contributed by atoms with Crippen molar-refractivity contribution in [2.24, 2.45) is 17.8 Å². The predicted molar refractivity (Wildman–Crippen MR) is 101 cm³/mol.